The molecule has 26 heavy (non-hydrogen) atoms. The zero-order valence-electron chi connectivity index (χ0n) is 16.4. The zero-order valence-corrected chi connectivity index (χ0v) is 16.4. The van der Waals surface area contributed by atoms with Crippen LogP contribution in [0.2, 0.25) is 0 Å². The molecule has 0 amide bonds. The van der Waals surface area contributed by atoms with Gasteiger partial charge in [-0.1, -0.05) is 38.0 Å². The van der Waals surface area contributed by atoms with Gasteiger partial charge in [-0.05, 0) is 49.0 Å². The molecule has 1 fully saturated rings. The molecule has 0 aromatic carbocycles. The maximum atomic E-state index is 13.0. The number of hydrogen-bond acceptors (Lipinski definition) is 4. The molecule has 1 saturated carbocycles. The second-order valence-corrected chi connectivity index (χ2v) is 8.91. The van der Waals surface area contributed by atoms with Crippen molar-refractivity contribution in [3.63, 3.8) is 0 Å². The highest BCUT2D eigenvalue weighted by Crippen LogP contribution is 2.62. The Bertz CT molecular complexity index is 701. The molecule has 0 bridgehead atoms. The van der Waals surface area contributed by atoms with E-state index in [0.717, 1.165) is 38.4 Å². The first-order chi connectivity index (χ1) is 12.2. The summed E-state index contributed by atoms with van der Waals surface area (Å²) in [7, 11) is 0. The molecule has 0 saturated heterocycles. The van der Waals surface area contributed by atoms with E-state index in [-0.39, 0.29) is 35.4 Å². The van der Waals surface area contributed by atoms with E-state index in [1.165, 1.54) is 18.1 Å². The summed E-state index contributed by atoms with van der Waals surface area (Å²) in [5, 5.41) is 0. The Labute approximate surface area is 156 Å². The summed E-state index contributed by atoms with van der Waals surface area (Å²) in [5.41, 5.74) is 3.15. The number of rotatable bonds is 4. The number of ether oxygens (including phenoxy) is 1. The monoisotopic (exact) mass is 358 g/mol. The van der Waals surface area contributed by atoms with Crippen molar-refractivity contribution < 1.29 is 19.1 Å². The smallest absolute Gasteiger partial charge is 0.302 e. The molecule has 1 unspecified atom stereocenters. The number of esters is 1. The second kappa shape index (κ2) is 6.79. The lowest BCUT2D eigenvalue weighted by Crippen LogP contribution is -2.44. The van der Waals surface area contributed by atoms with E-state index in [0.29, 0.717) is 12.2 Å². The summed E-state index contributed by atoms with van der Waals surface area (Å²) in [6, 6.07) is 0. The van der Waals surface area contributed by atoms with Crippen molar-refractivity contribution in [1.29, 1.82) is 0 Å². The van der Waals surface area contributed by atoms with Gasteiger partial charge >= 0.3 is 5.97 Å². The Morgan fingerprint density at radius 2 is 2.08 bits per heavy atom. The highest BCUT2D eigenvalue weighted by molar-refractivity contribution is 5.93. The molecule has 0 radical (unpaired) electrons. The molecule has 0 aromatic rings. The Kier molecular flexibility index (Phi) is 4.98. The number of Topliss-reactive ketones (excluding diaryl/α,β-unsaturated/α-hetero) is 1. The van der Waals surface area contributed by atoms with Gasteiger partial charge in [0.05, 0.1) is 6.61 Å². The first-order valence-electron chi connectivity index (χ1n) is 9.75. The molecule has 142 valence electrons. The van der Waals surface area contributed by atoms with Crippen LogP contribution in [0.5, 0.6) is 0 Å². The molecule has 0 heterocycles. The van der Waals surface area contributed by atoms with Crippen molar-refractivity contribution >= 4 is 18.0 Å². The van der Waals surface area contributed by atoms with Gasteiger partial charge < -0.3 is 4.74 Å². The van der Waals surface area contributed by atoms with Crippen molar-refractivity contribution in [2.45, 2.75) is 66.2 Å². The minimum atomic E-state index is -0.396. The number of hydrogen-bond donors (Lipinski definition) is 0. The second-order valence-electron chi connectivity index (χ2n) is 8.91. The average molecular weight is 358 g/mol. The first-order valence-corrected chi connectivity index (χ1v) is 9.75. The number of ketones is 1. The topological polar surface area (TPSA) is 60.4 Å². The Hall–Kier alpha value is -1.71. The highest BCUT2D eigenvalue weighted by atomic mass is 16.5. The summed E-state index contributed by atoms with van der Waals surface area (Å²) in [6.45, 7) is 8.38. The lowest BCUT2D eigenvalue weighted by molar-refractivity contribution is -0.141. The van der Waals surface area contributed by atoms with E-state index < -0.39 is 5.41 Å². The maximum absolute atomic E-state index is 13.0. The molecular weight excluding hydrogens is 328 g/mol. The standard InChI is InChI=1S/C22H30O4/c1-14(13-26-15(2)24)17-7-8-21(3)9-10-22(4)18(20(17)21)6-5-16(12-23)11-19(22)25/h5,12,14,18H,6-11,13H2,1-4H3/t14-,18?,21-,22-/m1/s1. The molecule has 0 spiro atoms. The van der Waals surface area contributed by atoms with Crippen molar-refractivity contribution in [1.82, 2.24) is 0 Å². The third-order valence-corrected chi connectivity index (χ3v) is 7.16. The maximum Gasteiger partial charge on any atom is 0.302 e. The van der Waals surface area contributed by atoms with Crippen LogP contribution in [0, 0.1) is 22.7 Å². The van der Waals surface area contributed by atoms with Crippen LogP contribution in [0.4, 0.5) is 0 Å². The number of fused-ring (bicyclic) bond motifs is 3. The van der Waals surface area contributed by atoms with Crippen LogP contribution < -0.4 is 0 Å². The van der Waals surface area contributed by atoms with Gasteiger partial charge in [-0.3, -0.25) is 14.4 Å². The van der Waals surface area contributed by atoms with E-state index in [2.05, 4.69) is 20.8 Å². The SMILES string of the molecule is CC(=O)OC[C@@H](C)C1=C2C3CC=C(C=O)CC(=O)[C@]3(C)CC[C@@]2(C)CC1. The summed E-state index contributed by atoms with van der Waals surface area (Å²) < 4.78 is 5.27. The minimum Gasteiger partial charge on any atom is -0.465 e. The van der Waals surface area contributed by atoms with E-state index in [4.69, 9.17) is 4.74 Å². The van der Waals surface area contributed by atoms with Crippen molar-refractivity contribution in [3.05, 3.63) is 22.8 Å². The van der Waals surface area contributed by atoms with Gasteiger partial charge in [-0.15, -0.1) is 0 Å². The summed E-state index contributed by atoms with van der Waals surface area (Å²) >= 11 is 0. The average Bonchev–Trinajstić information content (AvgIpc) is 2.89. The van der Waals surface area contributed by atoms with E-state index >= 15 is 0 Å². The van der Waals surface area contributed by atoms with Gasteiger partial charge in [-0.2, -0.15) is 0 Å². The summed E-state index contributed by atoms with van der Waals surface area (Å²) in [4.78, 5) is 35.6. The molecule has 0 aliphatic heterocycles. The minimum absolute atomic E-state index is 0.129. The van der Waals surface area contributed by atoms with Crippen molar-refractivity contribution in [3.8, 4) is 0 Å². The van der Waals surface area contributed by atoms with Crippen LogP contribution in [-0.4, -0.2) is 24.6 Å². The molecule has 3 aliphatic carbocycles. The number of allylic oxidation sites excluding steroid dienone is 3. The van der Waals surface area contributed by atoms with Crippen molar-refractivity contribution in [2.24, 2.45) is 22.7 Å². The van der Waals surface area contributed by atoms with E-state index in [9.17, 15) is 14.4 Å². The fraction of sp³-hybridized carbons (Fsp3) is 0.682. The van der Waals surface area contributed by atoms with Gasteiger partial charge in [0.1, 0.15) is 12.1 Å². The fourth-order valence-electron chi connectivity index (χ4n) is 5.38. The molecule has 4 heteroatoms. The molecule has 0 aromatic heterocycles. The molecule has 4 atom stereocenters. The highest BCUT2D eigenvalue weighted by Gasteiger charge is 2.54. The number of carbonyl (C=O) groups is 3. The third kappa shape index (κ3) is 3.08. The number of aldehydes is 1. The van der Waals surface area contributed by atoms with Crippen LogP contribution in [-0.2, 0) is 19.1 Å². The van der Waals surface area contributed by atoms with E-state index in [1.807, 2.05) is 6.08 Å². The van der Waals surface area contributed by atoms with Gasteiger partial charge in [-0.25, -0.2) is 0 Å². The molecule has 3 rings (SSSR count). The van der Waals surface area contributed by atoms with Crippen molar-refractivity contribution in [2.75, 3.05) is 6.61 Å². The van der Waals surface area contributed by atoms with Crippen LogP contribution in [0.3, 0.4) is 0 Å². The Balaban J connectivity index is 2.03. The molecule has 0 N–H and O–H groups in total. The molecule has 3 aliphatic rings. The predicted molar refractivity (Wildman–Crippen MR) is 99.4 cm³/mol. The Morgan fingerprint density at radius 1 is 1.35 bits per heavy atom. The van der Waals surface area contributed by atoms with Crippen LogP contribution in [0.1, 0.15) is 66.2 Å². The van der Waals surface area contributed by atoms with E-state index in [1.54, 1.807) is 0 Å². The lowest BCUT2D eigenvalue weighted by Gasteiger charge is -2.48. The van der Waals surface area contributed by atoms with Gasteiger partial charge in [0.25, 0.3) is 0 Å². The zero-order chi connectivity index (χ0) is 19.1. The first kappa shape index (κ1) is 19.1. The largest absolute Gasteiger partial charge is 0.465 e. The summed E-state index contributed by atoms with van der Waals surface area (Å²) in [5.74, 6) is 0.279. The Morgan fingerprint density at radius 3 is 2.73 bits per heavy atom. The predicted octanol–water partition coefficient (Wildman–Crippen LogP) is 4.19. The van der Waals surface area contributed by atoms with Gasteiger partial charge in [0.2, 0.25) is 0 Å². The summed E-state index contributed by atoms with van der Waals surface area (Å²) in [6.07, 6.45) is 7.86. The fourth-order valence-corrected chi connectivity index (χ4v) is 5.38. The van der Waals surface area contributed by atoms with Crippen LogP contribution in [0.15, 0.2) is 22.8 Å². The third-order valence-electron chi connectivity index (χ3n) is 7.16. The van der Waals surface area contributed by atoms with Crippen LogP contribution >= 0.6 is 0 Å². The molecular formula is C22H30O4. The van der Waals surface area contributed by atoms with Gasteiger partial charge in [0.15, 0.2) is 0 Å². The number of carbonyl (C=O) groups excluding carboxylic acids is 3. The van der Waals surface area contributed by atoms with Gasteiger partial charge in [0, 0.05) is 24.7 Å². The lowest BCUT2D eigenvalue weighted by atomic mass is 9.54. The quantitative estimate of drug-likeness (QED) is 0.429. The molecule has 4 nitrogen and oxygen atoms in total. The normalized spacial score (nSPS) is 35.2. The van der Waals surface area contributed by atoms with Crippen LogP contribution in [0.25, 0.3) is 0 Å².